The normalized spacial score (nSPS) is 14.9. The first kappa shape index (κ1) is 28.5. The van der Waals surface area contributed by atoms with Crippen molar-refractivity contribution in [2.24, 2.45) is 5.92 Å². The molecule has 0 fully saturated rings. The summed E-state index contributed by atoms with van der Waals surface area (Å²) in [4.78, 5) is 23.9. The Morgan fingerprint density at radius 1 is 1.07 bits per heavy atom. The minimum absolute atomic E-state index is 0.214. The van der Waals surface area contributed by atoms with Gasteiger partial charge in [0.25, 0.3) is 0 Å². The fourth-order valence-electron chi connectivity index (χ4n) is 1.86. The summed E-state index contributed by atoms with van der Waals surface area (Å²) in [5.74, 6) is -12.2. The summed E-state index contributed by atoms with van der Waals surface area (Å²) in [6.45, 7) is 6.13. The van der Waals surface area contributed by atoms with Crippen molar-refractivity contribution >= 4 is 24.5 Å². The second-order valence-corrected chi connectivity index (χ2v) is 7.50. The Balaban J connectivity index is 5.44. The van der Waals surface area contributed by atoms with Gasteiger partial charge in [-0.05, 0) is 25.7 Å². The minimum atomic E-state index is -5.54. The molecule has 0 aliphatic heterocycles. The van der Waals surface area contributed by atoms with Gasteiger partial charge in [-0.1, -0.05) is 33.1 Å². The number of ether oxygens (including phenoxy) is 2. The van der Waals surface area contributed by atoms with Crippen LogP contribution in [0.5, 0.6) is 0 Å². The van der Waals surface area contributed by atoms with Gasteiger partial charge in [-0.3, -0.25) is 4.79 Å². The van der Waals surface area contributed by atoms with Crippen LogP contribution in [0.15, 0.2) is 12.2 Å². The summed E-state index contributed by atoms with van der Waals surface area (Å²) in [6, 6.07) is 0. The third-order valence-corrected chi connectivity index (χ3v) is 3.89. The molecule has 0 aliphatic rings. The second kappa shape index (κ2) is 10.7. The van der Waals surface area contributed by atoms with Gasteiger partial charge in [0.15, 0.2) is 0 Å². The molecule has 0 saturated heterocycles. The second-order valence-electron chi connectivity index (χ2n) is 6.94. The first-order chi connectivity index (χ1) is 13.4. The van der Waals surface area contributed by atoms with Gasteiger partial charge in [-0.15, -0.1) is 0 Å². The number of carbonyl (C=O) groups is 2. The van der Waals surface area contributed by atoms with Gasteiger partial charge < -0.3 is 14.8 Å². The molecule has 5 nitrogen and oxygen atoms in total. The van der Waals surface area contributed by atoms with E-state index in [1.54, 1.807) is 13.8 Å². The van der Waals surface area contributed by atoms with E-state index in [9.17, 15) is 40.3 Å². The van der Waals surface area contributed by atoms with E-state index in [0.717, 1.165) is 6.92 Å². The van der Waals surface area contributed by atoms with Crippen molar-refractivity contribution in [1.82, 2.24) is 5.32 Å². The number of amides is 1. The summed E-state index contributed by atoms with van der Waals surface area (Å²) in [5, 5.41) is -2.67. The Hall–Kier alpha value is -1.50. The molecule has 0 aliphatic carbocycles. The lowest BCUT2D eigenvalue weighted by Gasteiger charge is -2.33. The topological polar surface area (TPSA) is 64.6 Å². The molecule has 0 saturated carbocycles. The largest absolute Gasteiger partial charge is 0.466 e. The van der Waals surface area contributed by atoms with Crippen LogP contribution in [0.25, 0.3) is 0 Å². The first-order valence-corrected chi connectivity index (χ1v) is 9.18. The van der Waals surface area contributed by atoms with Crippen molar-refractivity contribution in [2.75, 3.05) is 13.2 Å². The number of alkyl halides is 7. The maximum atomic E-state index is 13.7. The molecule has 0 bridgehead atoms. The van der Waals surface area contributed by atoms with E-state index >= 15 is 0 Å². The molecular formula is C17H24F7NO4S. The van der Waals surface area contributed by atoms with Crippen LogP contribution in [0.1, 0.15) is 40.0 Å². The van der Waals surface area contributed by atoms with Crippen LogP contribution in [0.3, 0.4) is 0 Å². The van der Waals surface area contributed by atoms with Crippen LogP contribution in [0.4, 0.5) is 30.7 Å². The van der Waals surface area contributed by atoms with Crippen LogP contribution in [0, 0.1) is 5.92 Å². The zero-order valence-electron chi connectivity index (χ0n) is 16.5. The summed E-state index contributed by atoms with van der Waals surface area (Å²) in [7, 11) is 0. The zero-order valence-corrected chi connectivity index (χ0v) is 17.4. The summed E-state index contributed by atoms with van der Waals surface area (Å²) in [5.41, 5.74) is -0.459. The average molecular weight is 471 g/mol. The van der Waals surface area contributed by atoms with E-state index in [2.05, 4.69) is 28.7 Å². The zero-order chi connectivity index (χ0) is 24.0. The molecule has 1 atom stereocenters. The van der Waals surface area contributed by atoms with Gasteiger partial charge in [0.05, 0.1) is 6.61 Å². The molecule has 0 aromatic heterocycles. The van der Waals surface area contributed by atoms with E-state index in [-0.39, 0.29) is 12.5 Å². The molecular weight excluding hydrogens is 447 g/mol. The summed E-state index contributed by atoms with van der Waals surface area (Å²) >= 11 is 2.49. The van der Waals surface area contributed by atoms with Crippen LogP contribution < -0.4 is 5.32 Å². The number of halogens is 7. The van der Waals surface area contributed by atoms with E-state index in [4.69, 9.17) is 0 Å². The highest BCUT2D eigenvalue weighted by molar-refractivity contribution is 7.81. The van der Waals surface area contributed by atoms with Crippen LogP contribution >= 0.6 is 12.6 Å². The SMILES string of the molecule is C=C(C)C(=O)OC(OCCCCC(F)(F)C(F)(F)S)(C(=O)NCC(C)C)C(F)(F)F. The minimum Gasteiger partial charge on any atom is -0.412 e. The van der Waals surface area contributed by atoms with E-state index in [1.807, 2.05) is 5.32 Å². The van der Waals surface area contributed by atoms with Gasteiger partial charge >= 0.3 is 35.0 Å². The van der Waals surface area contributed by atoms with Crippen molar-refractivity contribution in [3.63, 3.8) is 0 Å². The maximum absolute atomic E-state index is 13.7. The number of unbranched alkanes of at least 4 members (excludes halogenated alkanes) is 1. The molecule has 0 aromatic carbocycles. The number of hydrogen-bond acceptors (Lipinski definition) is 5. The van der Waals surface area contributed by atoms with Gasteiger partial charge in [0, 0.05) is 18.5 Å². The maximum Gasteiger partial charge on any atom is 0.466 e. The molecule has 1 unspecified atom stereocenters. The number of nitrogens with one attached hydrogen (secondary N) is 1. The smallest absolute Gasteiger partial charge is 0.412 e. The van der Waals surface area contributed by atoms with Crippen molar-refractivity contribution in [3.05, 3.63) is 12.2 Å². The third kappa shape index (κ3) is 7.97. The quantitative estimate of drug-likeness (QED) is 0.110. The lowest BCUT2D eigenvalue weighted by Crippen LogP contribution is -2.62. The van der Waals surface area contributed by atoms with Crippen molar-refractivity contribution in [1.29, 1.82) is 0 Å². The molecule has 0 radical (unpaired) electrons. The standard InChI is InChI=1S/C17H24F7NO4S/c1-10(2)9-25-13(27)15(16(20,21)22,29-12(26)11(3)4)28-8-6-5-7-14(18,19)17(23,24)30/h10,30H,3,5-9H2,1-2,4H3,(H,25,27). The molecule has 1 N–H and O–H groups in total. The molecule has 13 heteroatoms. The van der Waals surface area contributed by atoms with Crippen molar-refractivity contribution < 1.29 is 49.8 Å². The molecule has 176 valence electrons. The molecule has 0 spiro atoms. The Kier molecular flexibility index (Phi) is 10.2. The fraction of sp³-hybridized carbons (Fsp3) is 0.765. The Morgan fingerprint density at radius 3 is 2.00 bits per heavy atom. The van der Waals surface area contributed by atoms with E-state index in [1.165, 1.54) is 0 Å². The Bertz CT molecular complexity index is 620. The number of thiol groups is 1. The molecule has 0 heterocycles. The number of esters is 1. The molecule has 0 aromatic rings. The predicted octanol–water partition coefficient (Wildman–Crippen LogP) is 4.48. The lowest BCUT2D eigenvalue weighted by atomic mass is 10.1. The van der Waals surface area contributed by atoms with Crippen molar-refractivity contribution in [3.8, 4) is 0 Å². The lowest BCUT2D eigenvalue weighted by molar-refractivity contribution is -0.347. The first-order valence-electron chi connectivity index (χ1n) is 8.73. The number of rotatable bonds is 12. The summed E-state index contributed by atoms with van der Waals surface area (Å²) in [6.07, 6.45) is -8.18. The monoisotopic (exact) mass is 471 g/mol. The molecule has 0 rings (SSSR count). The van der Waals surface area contributed by atoms with Crippen LogP contribution in [0.2, 0.25) is 0 Å². The van der Waals surface area contributed by atoms with Gasteiger partial charge in [-0.25, -0.2) is 4.79 Å². The van der Waals surface area contributed by atoms with Crippen LogP contribution in [-0.2, 0) is 19.1 Å². The number of hydrogen-bond donors (Lipinski definition) is 2. The van der Waals surface area contributed by atoms with Gasteiger partial charge in [0.1, 0.15) is 0 Å². The highest BCUT2D eigenvalue weighted by atomic mass is 32.1. The Labute approximate surface area is 174 Å². The van der Waals surface area contributed by atoms with E-state index < -0.39 is 66.5 Å². The third-order valence-electron chi connectivity index (χ3n) is 3.56. The number of carbonyl (C=O) groups excluding carboxylic acids is 2. The Morgan fingerprint density at radius 2 is 1.60 bits per heavy atom. The highest BCUT2D eigenvalue weighted by Crippen LogP contribution is 2.41. The van der Waals surface area contributed by atoms with Crippen molar-refractivity contribution in [2.45, 2.75) is 63.2 Å². The summed E-state index contributed by atoms with van der Waals surface area (Å²) < 4.78 is 102. The fourth-order valence-corrected chi connectivity index (χ4v) is 1.97. The predicted molar refractivity (Wildman–Crippen MR) is 96.2 cm³/mol. The van der Waals surface area contributed by atoms with E-state index in [0.29, 0.717) is 0 Å². The highest BCUT2D eigenvalue weighted by Gasteiger charge is 2.66. The van der Waals surface area contributed by atoms with Gasteiger partial charge in [0.2, 0.25) is 0 Å². The van der Waals surface area contributed by atoms with Gasteiger partial charge in [-0.2, -0.15) is 30.7 Å². The van der Waals surface area contributed by atoms with Crippen LogP contribution in [-0.4, -0.2) is 48.2 Å². The molecule has 30 heavy (non-hydrogen) atoms. The average Bonchev–Trinajstić information content (AvgIpc) is 2.55. The molecule has 1 amide bonds.